The number of furan rings is 1. The minimum atomic E-state index is 0.357. The third-order valence-corrected chi connectivity index (χ3v) is 4.10. The lowest BCUT2D eigenvalue weighted by Crippen LogP contribution is -2.22. The Labute approximate surface area is 126 Å². The summed E-state index contributed by atoms with van der Waals surface area (Å²) in [7, 11) is 0. The van der Waals surface area contributed by atoms with E-state index in [1.807, 2.05) is 6.07 Å². The molecule has 2 nitrogen and oxygen atoms in total. The van der Waals surface area contributed by atoms with Crippen molar-refractivity contribution >= 4 is 15.9 Å². The van der Waals surface area contributed by atoms with Gasteiger partial charge in [-0.2, -0.15) is 0 Å². The number of halogens is 1. The van der Waals surface area contributed by atoms with Crippen molar-refractivity contribution in [3.05, 3.63) is 22.6 Å². The summed E-state index contributed by atoms with van der Waals surface area (Å²) in [5.74, 6) is 1.06. The molecule has 0 radical (unpaired) electrons. The molecule has 1 unspecified atom stereocenters. The zero-order valence-electron chi connectivity index (χ0n) is 12.4. The summed E-state index contributed by atoms with van der Waals surface area (Å²) in [5, 5.41) is 3.59. The lowest BCUT2D eigenvalue weighted by atomic mass is 10.0. The van der Waals surface area contributed by atoms with Gasteiger partial charge in [0.15, 0.2) is 0 Å². The van der Waals surface area contributed by atoms with Gasteiger partial charge in [-0.3, -0.25) is 0 Å². The normalized spacial score (nSPS) is 12.8. The van der Waals surface area contributed by atoms with Gasteiger partial charge >= 0.3 is 0 Å². The Balaban J connectivity index is 2.32. The third-order valence-electron chi connectivity index (χ3n) is 3.45. The summed E-state index contributed by atoms with van der Waals surface area (Å²) in [6.07, 6.45) is 12.1. The molecule has 0 saturated carbocycles. The lowest BCUT2D eigenvalue weighted by Gasteiger charge is -2.16. The largest absolute Gasteiger partial charge is 0.466 e. The molecule has 0 aliphatic heterocycles. The highest BCUT2D eigenvalue weighted by Gasteiger charge is 2.16. The molecule has 1 aromatic heterocycles. The summed E-state index contributed by atoms with van der Waals surface area (Å²) >= 11 is 3.57. The Morgan fingerprint density at radius 3 is 2.47 bits per heavy atom. The van der Waals surface area contributed by atoms with E-state index in [1.54, 1.807) is 6.26 Å². The molecule has 0 fully saturated rings. The summed E-state index contributed by atoms with van der Waals surface area (Å²) in [5.41, 5.74) is 0. The molecule has 0 amide bonds. The van der Waals surface area contributed by atoms with Crippen LogP contribution in [0, 0.1) is 0 Å². The Hall–Kier alpha value is -0.280. The number of nitrogens with one attached hydrogen (secondary N) is 1. The Morgan fingerprint density at radius 2 is 1.84 bits per heavy atom. The van der Waals surface area contributed by atoms with Gasteiger partial charge in [-0.05, 0) is 41.4 Å². The Kier molecular flexibility index (Phi) is 9.27. The Morgan fingerprint density at radius 1 is 1.11 bits per heavy atom. The first-order valence-corrected chi connectivity index (χ1v) is 8.55. The van der Waals surface area contributed by atoms with Crippen LogP contribution in [0.4, 0.5) is 0 Å². The summed E-state index contributed by atoms with van der Waals surface area (Å²) in [4.78, 5) is 0. The van der Waals surface area contributed by atoms with Gasteiger partial charge in [-0.25, -0.2) is 0 Å². The monoisotopic (exact) mass is 329 g/mol. The Bertz CT molecular complexity index is 324. The number of hydrogen-bond acceptors (Lipinski definition) is 2. The van der Waals surface area contributed by atoms with Gasteiger partial charge < -0.3 is 9.73 Å². The average Bonchev–Trinajstić information content (AvgIpc) is 2.83. The molecule has 1 N–H and O–H groups in total. The van der Waals surface area contributed by atoms with Crippen molar-refractivity contribution in [1.29, 1.82) is 0 Å². The van der Waals surface area contributed by atoms with E-state index in [1.165, 1.54) is 38.5 Å². The molecule has 0 aliphatic carbocycles. The first-order valence-electron chi connectivity index (χ1n) is 7.75. The molecule has 1 heterocycles. The van der Waals surface area contributed by atoms with Gasteiger partial charge in [0.25, 0.3) is 0 Å². The van der Waals surface area contributed by atoms with Crippen molar-refractivity contribution < 1.29 is 4.42 Å². The van der Waals surface area contributed by atoms with Crippen molar-refractivity contribution in [3.8, 4) is 0 Å². The number of hydrogen-bond donors (Lipinski definition) is 1. The van der Waals surface area contributed by atoms with Crippen LogP contribution in [-0.4, -0.2) is 6.54 Å². The van der Waals surface area contributed by atoms with E-state index in [0.29, 0.717) is 6.04 Å². The quantitative estimate of drug-likeness (QED) is 0.516. The van der Waals surface area contributed by atoms with Crippen LogP contribution in [0.1, 0.15) is 77.0 Å². The third kappa shape index (κ3) is 6.62. The topological polar surface area (TPSA) is 25.2 Å². The van der Waals surface area contributed by atoms with Crippen LogP contribution in [0.5, 0.6) is 0 Å². The van der Waals surface area contributed by atoms with Crippen molar-refractivity contribution in [2.45, 2.75) is 71.3 Å². The highest BCUT2D eigenvalue weighted by molar-refractivity contribution is 9.10. The zero-order valence-corrected chi connectivity index (χ0v) is 14.0. The molecule has 1 aromatic rings. The maximum Gasteiger partial charge on any atom is 0.134 e. The van der Waals surface area contributed by atoms with Crippen LogP contribution in [0.2, 0.25) is 0 Å². The minimum Gasteiger partial charge on any atom is -0.466 e. The van der Waals surface area contributed by atoms with Gasteiger partial charge in [-0.1, -0.05) is 52.4 Å². The summed E-state index contributed by atoms with van der Waals surface area (Å²) < 4.78 is 6.70. The van der Waals surface area contributed by atoms with Gasteiger partial charge in [0.05, 0.1) is 16.8 Å². The van der Waals surface area contributed by atoms with Crippen LogP contribution in [0.15, 0.2) is 21.2 Å². The van der Waals surface area contributed by atoms with Crippen molar-refractivity contribution in [2.24, 2.45) is 0 Å². The zero-order chi connectivity index (χ0) is 13.9. The van der Waals surface area contributed by atoms with Gasteiger partial charge in [0.2, 0.25) is 0 Å². The van der Waals surface area contributed by atoms with Crippen LogP contribution < -0.4 is 5.32 Å². The fourth-order valence-electron chi connectivity index (χ4n) is 2.33. The second kappa shape index (κ2) is 10.5. The second-order valence-corrected chi connectivity index (χ2v) is 6.05. The first kappa shape index (κ1) is 16.8. The molecule has 0 saturated heterocycles. The predicted octanol–water partition coefficient (Wildman–Crippen LogP) is 5.83. The van der Waals surface area contributed by atoms with Crippen molar-refractivity contribution in [3.63, 3.8) is 0 Å². The number of unbranched alkanes of at least 4 members (excludes halogenated alkanes) is 5. The summed E-state index contributed by atoms with van der Waals surface area (Å²) in [6, 6.07) is 2.34. The molecule has 1 rings (SSSR count). The molecule has 0 aromatic carbocycles. The van der Waals surface area contributed by atoms with E-state index in [9.17, 15) is 0 Å². The molecule has 19 heavy (non-hydrogen) atoms. The van der Waals surface area contributed by atoms with Crippen LogP contribution in [-0.2, 0) is 0 Å². The van der Waals surface area contributed by atoms with Gasteiger partial charge in [0, 0.05) is 0 Å². The fraction of sp³-hybridized carbons (Fsp3) is 0.750. The van der Waals surface area contributed by atoms with Crippen molar-refractivity contribution in [2.75, 3.05) is 6.54 Å². The average molecular weight is 330 g/mol. The molecule has 0 spiro atoms. The SMILES string of the molecule is CCCCCCCCC(NCCC)c1occc1Br. The van der Waals surface area contributed by atoms with E-state index in [0.717, 1.165) is 29.6 Å². The molecule has 1 atom stereocenters. The van der Waals surface area contributed by atoms with E-state index in [4.69, 9.17) is 4.42 Å². The highest BCUT2D eigenvalue weighted by atomic mass is 79.9. The van der Waals surface area contributed by atoms with E-state index in [2.05, 4.69) is 35.1 Å². The number of rotatable bonds is 11. The molecule has 0 aliphatic rings. The van der Waals surface area contributed by atoms with E-state index in [-0.39, 0.29) is 0 Å². The maximum atomic E-state index is 5.61. The second-order valence-electron chi connectivity index (χ2n) is 5.20. The molecule has 3 heteroatoms. The fourth-order valence-corrected chi connectivity index (χ4v) is 2.80. The van der Waals surface area contributed by atoms with Crippen molar-refractivity contribution in [1.82, 2.24) is 5.32 Å². The van der Waals surface area contributed by atoms with Gasteiger partial charge in [0.1, 0.15) is 5.76 Å². The summed E-state index contributed by atoms with van der Waals surface area (Å²) in [6.45, 7) is 5.51. The lowest BCUT2D eigenvalue weighted by molar-refractivity contribution is 0.382. The molecule has 110 valence electrons. The first-order chi connectivity index (χ1) is 9.29. The molecular formula is C16H28BrNO. The maximum absolute atomic E-state index is 5.61. The molecular weight excluding hydrogens is 302 g/mol. The van der Waals surface area contributed by atoms with Crippen LogP contribution >= 0.6 is 15.9 Å². The van der Waals surface area contributed by atoms with Gasteiger partial charge in [-0.15, -0.1) is 0 Å². The molecule has 0 bridgehead atoms. The smallest absolute Gasteiger partial charge is 0.134 e. The highest BCUT2D eigenvalue weighted by Crippen LogP contribution is 2.28. The predicted molar refractivity (Wildman–Crippen MR) is 85.4 cm³/mol. The van der Waals surface area contributed by atoms with Crippen LogP contribution in [0.3, 0.4) is 0 Å². The van der Waals surface area contributed by atoms with E-state index < -0.39 is 0 Å². The standard InChI is InChI=1S/C16H28BrNO/c1-3-5-6-7-8-9-10-15(18-12-4-2)16-14(17)11-13-19-16/h11,13,15,18H,3-10,12H2,1-2H3. The minimum absolute atomic E-state index is 0.357. The van der Waals surface area contributed by atoms with E-state index >= 15 is 0 Å². The van der Waals surface area contributed by atoms with Crippen LogP contribution in [0.25, 0.3) is 0 Å².